The van der Waals surface area contributed by atoms with Crippen molar-refractivity contribution in [3.05, 3.63) is 70.1 Å². The standard InChI is InChI=1S/C25H26N2O4S/c1-16(2)19-7-4-5-8-21(19)26-25-27(11-6-12-32-25)23(28)15-30-18-9-10-20-17(3)13-24(29)31-22(20)14-18/h4-5,7-10,13-14,16H,6,11-12,15H2,1-3H3. The Labute approximate surface area is 191 Å². The van der Waals surface area contributed by atoms with Gasteiger partial charge in [0.1, 0.15) is 11.3 Å². The number of amidine groups is 1. The highest BCUT2D eigenvalue weighted by atomic mass is 32.2. The molecule has 4 rings (SSSR count). The topological polar surface area (TPSA) is 72.1 Å². The highest BCUT2D eigenvalue weighted by molar-refractivity contribution is 8.13. The lowest BCUT2D eigenvalue weighted by Crippen LogP contribution is -2.41. The largest absolute Gasteiger partial charge is 0.484 e. The number of benzene rings is 2. The third kappa shape index (κ3) is 4.88. The molecular weight excluding hydrogens is 424 g/mol. The van der Waals surface area contributed by atoms with E-state index in [2.05, 4.69) is 19.9 Å². The number of ether oxygens (including phenoxy) is 1. The van der Waals surface area contributed by atoms with Gasteiger partial charge in [0.25, 0.3) is 5.91 Å². The summed E-state index contributed by atoms with van der Waals surface area (Å²) in [5.41, 5.74) is 2.93. The molecule has 1 aliphatic heterocycles. The Kier molecular flexibility index (Phi) is 6.65. The molecule has 0 spiro atoms. The van der Waals surface area contributed by atoms with E-state index in [1.165, 1.54) is 6.07 Å². The Morgan fingerprint density at radius 2 is 2.03 bits per heavy atom. The number of hydrogen-bond acceptors (Lipinski definition) is 6. The zero-order valence-corrected chi connectivity index (χ0v) is 19.3. The van der Waals surface area contributed by atoms with E-state index in [1.807, 2.05) is 31.2 Å². The van der Waals surface area contributed by atoms with Crippen LogP contribution in [0.5, 0.6) is 5.75 Å². The molecule has 2 aromatic carbocycles. The van der Waals surface area contributed by atoms with Crippen molar-refractivity contribution in [1.82, 2.24) is 4.90 Å². The molecule has 2 heterocycles. The predicted molar refractivity (Wildman–Crippen MR) is 129 cm³/mol. The van der Waals surface area contributed by atoms with E-state index in [9.17, 15) is 9.59 Å². The number of thioether (sulfide) groups is 1. The first-order valence-corrected chi connectivity index (χ1v) is 11.7. The summed E-state index contributed by atoms with van der Waals surface area (Å²) < 4.78 is 11.0. The molecule has 0 radical (unpaired) electrons. The highest BCUT2D eigenvalue weighted by Crippen LogP contribution is 2.29. The Balaban J connectivity index is 1.52. The van der Waals surface area contributed by atoms with Gasteiger partial charge in [0, 0.05) is 29.8 Å². The molecule has 0 saturated carbocycles. The summed E-state index contributed by atoms with van der Waals surface area (Å²) in [6.45, 7) is 6.63. The number of para-hydroxylation sites is 1. The fourth-order valence-electron chi connectivity index (χ4n) is 3.68. The van der Waals surface area contributed by atoms with Crippen LogP contribution in [-0.4, -0.2) is 34.9 Å². The lowest BCUT2D eigenvalue weighted by Gasteiger charge is -2.28. The van der Waals surface area contributed by atoms with Crippen LogP contribution in [0.2, 0.25) is 0 Å². The number of rotatable bonds is 5. The summed E-state index contributed by atoms with van der Waals surface area (Å²) in [7, 11) is 0. The highest BCUT2D eigenvalue weighted by Gasteiger charge is 2.24. The van der Waals surface area contributed by atoms with Crippen molar-refractivity contribution in [2.24, 2.45) is 4.99 Å². The van der Waals surface area contributed by atoms with Crippen molar-refractivity contribution >= 4 is 39.5 Å². The van der Waals surface area contributed by atoms with Crippen molar-refractivity contribution in [1.29, 1.82) is 0 Å². The molecule has 0 unspecified atom stereocenters. The third-order valence-corrected chi connectivity index (χ3v) is 6.41. The molecule has 1 aromatic heterocycles. The summed E-state index contributed by atoms with van der Waals surface area (Å²) in [6, 6.07) is 14.8. The number of carbonyl (C=O) groups excluding carboxylic acids is 1. The third-order valence-electron chi connectivity index (χ3n) is 5.35. The van der Waals surface area contributed by atoms with Gasteiger partial charge in [-0.05, 0) is 48.6 Å². The van der Waals surface area contributed by atoms with Crippen LogP contribution in [0.25, 0.3) is 11.0 Å². The van der Waals surface area contributed by atoms with Crippen molar-refractivity contribution in [2.75, 3.05) is 18.9 Å². The number of hydrogen-bond donors (Lipinski definition) is 0. The van der Waals surface area contributed by atoms with E-state index < -0.39 is 5.63 Å². The van der Waals surface area contributed by atoms with Gasteiger partial charge in [-0.2, -0.15) is 0 Å². The number of aliphatic imine (C=N–C) groups is 1. The van der Waals surface area contributed by atoms with Gasteiger partial charge in [-0.3, -0.25) is 9.69 Å². The van der Waals surface area contributed by atoms with Gasteiger partial charge in [0.15, 0.2) is 11.8 Å². The first kappa shape index (κ1) is 22.1. The minimum absolute atomic E-state index is 0.118. The molecule has 0 N–H and O–H groups in total. The smallest absolute Gasteiger partial charge is 0.336 e. The zero-order valence-electron chi connectivity index (χ0n) is 18.5. The van der Waals surface area contributed by atoms with Crippen LogP contribution in [0.1, 0.15) is 37.3 Å². The molecule has 6 nitrogen and oxygen atoms in total. The zero-order chi connectivity index (χ0) is 22.7. The van der Waals surface area contributed by atoms with Crippen LogP contribution in [0, 0.1) is 6.92 Å². The van der Waals surface area contributed by atoms with Crippen molar-refractivity contribution < 1.29 is 13.9 Å². The molecule has 32 heavy (non-hydrogen) atoms. The van der Waals surface area contributed by atoms with Crippen LogP contribution < -0.4 is 10.4 Å². The predicted octanol–water partition coefficient (Wildman–Crippen LogP) is 5.26. The summed E-state index contributed by atoms with van der Waals surface area (Å²) in [4.78, 5) is 31.2. The lowest BCUT2D eigenvalue weighted by atomic mass is 10.0. The maximum Gasteiger partial charge on any atom is 0.336 e. The van der Waals surface area contributed by atoms with Crippen LogP contribution in [0.4, 0.5) is 5.69 Å². The fraction of sp³-hybridized carbons (Fsp3) is 0.320. The Morgan fingerprint density at radius 3 is 2.84 bits per heavy atom. The molecule has 0 aliphatic carbocycles. The van der Waals surface area contributed by atoms with Crippen molar-refractivity contribution in [3.8, 4) is 5.75 Å². The normalized spacial score (nSPS) is 15.5. The minimum Gasteiger partial charge on any atom is -0.484 e. The van der Waals surface area contributed by atoms with Gasteiger partial charge in [0.05, 0.1) is 5.69 Å². The van der Waals surface area contributed by atoms with Gasteiger partial charge in [-0.1, -0.05) is 43.8 Å². The van der Waals surface area contributed by atoms with Gasteiger partial charge in [-0.25, -0.2) is 9.79 Å². The minimum atomic E-state index is -0.406. The van der Waals surface area contributed by atoms with Gasteiger partial charge in [-0.15, -0.1) is 0 Å². The maximum atomic E-state index is 13.0. The molecule has 1 saturated heterocycles. The molecule has 166 valence electrons. The Bertz CT molecular complexity index is 1230. The van der Waals surface area contributed by atoms with Crippen molar-refractivity contribution in [3.63, 3.8) is 0 Å². The molecule has 3 aromatic rings. The van der Waals surface area contributed by atoms with Crippen LogP contribution in [0.3, 0.4) is 0 Å². The van der Waals surface area contributed by atoms with Crippen LogP contribution in [0.15, 0.2) is 62.7 Å². The number of aryl methyl sites for hydroxylation is 1. The second-order valence-electron chi connectivity index (χ2n) is 8.05. The van der Waals surface area contributed by atoms with E-state index in [-0.39, 0.29) is 12.5 Å². The number of nitrogens with zero attached hydrogens (tertiary/aromatic N) is 2. The first-order chi connectivity index (χ1) is 15.4. The van der Waals surface area contributed by atoms with Crippen LogP contribution >= 0.6 is 11.8 Å². The number of fused-ring (bicyclic) bond motifs is 1. The van der Waals surface area contributed by atoms with E-state index in [4.69, 9.17) is 14.1 Å². The van der Waals surface area contributed by atoms with Gasteiger partial charge in [0.2, 0.25) is 0 Å². The molecular formula is C25H26N2O4S. The molecule has 1 fully saturated rings. The monoisotopic (exact) mass is 450 g/mol. The average molecular weight is 451 g/mol. The summed E-state index contributed by atoms with van der Waals surface area (Å²) in [6.07, 6.45) is 0.904. The van der Waals surface area contributed by atoms with Crippen LogP contribution in [-0.2, 0) is 4.79 Å². The quantitative estimate of drug-likeness (QED) is 0.496. The second-order valence-corrected chi connectivity index (χ2v) is 9.11. The van der Waals surface area contributed by atoms with E-state index >= 15 is 0 Å². The van der Waals surface area contributed by atoms with Gasteiger partial charge < -0.3 is 9.15 Å². The van der Waals surface area contributed by atoms with E-state index in [0.29, 0.717) is 29.0 Å². The molecule has 1 amide bonds. The molecule has 0 bridgehead atoms. The lowest BCUT2D eigenvalue weighted by molar-refractivity contribution is -0.129. The number of carbonyl (C=O) groups is 1. The first-order valence-electron chi connectivity index (χ1n) is 10.7. The van der Waals surface area contributed by atoms with Gasteiger partial charge >= 0.3 is 5.63 Å². The Hall–Kier alpha value is -3.06. The molecule has 7 heteroatoms. The fourth-order valence-corrected chi connectivity index (χ4v) is 4.65. The second kappa shape index (κ2) is 9.61. The number of amides is 1. The maximum absolute atomic E-state index is 13.0. The summed E-state index contributed by atoms with van der Waals surface area (Å²) in [5, 5.41) is 1.55. The van der Waals surface area contributed by atoms with E-state index in [1.54, 1.807) is 28.8 Å². The SMILES string of the molecule is Cc1cc(=O)oc2cc(OCC(=O)N3CCCSC3=Nc3ccccc3C(C)C)ccc12. The molecule has 1 aliphatic rings. The van der Waals surface area contributed by atoms with Crippen molar-refractivity contribution in [2.45, 2.75) is 33.1 Å². The van der Waals surface area contributed by atoms with E-state index in [0.717, 1.165) is 34.4 Å². The average Bonchev–Trinajstić information content (AvgIpc) is 2.77. The molecule has 0 atom stereocenters. The Morgan fingerprint density at radius 1 is 1.22 bits per heavy atom. The summed E-state index contributed by atoms with van der Waals surface area (Å²) >= 11 is 1.59. The summed E-state index contributed by atoms with van der Waals surface area (Å²) in [5.74, 6) is 1.60.